The number of rotatable bonds is 6. The number of hydrogen-bond donors (Lipinski definition) is 0. The van der Waals surface area contributed by atoms with Crippen LogP contribution in [0.1, 0.15) is 11.1 Å². The van der Waals surface area contributed by atoms with E-state index in [2.05, 4.69) is 10.2 Å². The lowest BCUT2D eigenvalue weighted by Gasteiger charge is -2.11. The highest BCUT2D eigenvalue weighted by molar-refractivity contribution is 7.15. The van der Waals surface area contributed by atoms with Crippen LogP contribution in [-0.2, 0) is 6.61 Å². The van der Waals surface area contributed by atoms with Crippen LogP contribution in [0.3, 0.4) is 0 Å². The lowest BCUT2D eigenvalue weighted by molar-refractivity contribution is 0.284. The fraction of sp³-hybridized carbons (Fsp3) is 0.0800. The first kappa shape index (κ1) is 21.2. The Labute approximate surface area is 198 Å². The molecule has 6 nitrogen and oxygen atoms in total. The van der Waals surface area contributed by atoms with Gasteiger partial charge in [-0.3, -0.25) is 4.79 Å². The van der Waals surface area contributed by atoms with Crippen LogP contribution in [0.4, 0.5) is 0 Å². The largest absolute Gasteiger partial charge is 0.493 e. The molecule has 0 saturated carbocycles. The summed E-state index contributed by atoms with van der Waals surface area (Å²) in [7, 11) is 1.59. The molecular formula is C25H18ClN3O3S. The normalized spacial score (nSPS) is 11.8. The van der Waals surface area contributed by atoms with Crippen molar-refractivity contribution in [2.45, 2.75) is 6.61 Å². The maximum atomic E-state index is 13.1. The minimum atomic E-state index is -0.196. The quantitative estimate of drug-likeness (QED) is 0.359. The lowest BCUT2D eigenvalue weighted by atomic mass is 10.2. The standard InChI is InChI=1S/C25H18ClN3O3S/c1-31-21-13-17(11-12-20(21)32-15-16-7-3-2-4-8-16)14-22-24(30)29-23(27-28-25(29)33-22)18-9-5-6-10-19(18)26/h2-14H,15H2,1H3. The topological polar surface area (TPSA) is 65.7 Å². The molecule has 0 N–H and O–H groups in total. The molecule has 5 rings (SSSR count). The van der Waals surface area contributed by atoms with Crippen molar-refractivity contribution in [3.05, 3.63) is 104 Å². The fourth-order valence-electron chi connectivity index (χ4n) is 3.46. The Morgan fingerprint density at radius 1 is 1.00 bits per heavy atom. The molecule has 0 aliphatic rings. The highest BCUT2D eigenvalue weighted by atomic mass is 35.5. The molecule has 0 spiro atoms. The van der Waals surface area contributed by atoms with Crippen molar-refractivity contribution in [3.8, 4) is 22.9 Å². The number of halogens is 1. The fourth-order valence-corrected chi connectivity index (χ4v) is 4.59. The Bertz CT molecular complexity index is 1550. The third kappa shape index (κ3) is 4.20. The van der Waals surface area contributed by atoms with Gasteiger partial charge in [-0.1, -0.05) is 71.5 Å². The predicted molar refractivity (Wildman–Crippen MR) is 130 cm³/mol. The minimum Gasteiger partial charge on any atom is -0.493 e. The van der Waals surface area contributed by atoms with E-state index in [1.807, 2.05) is 72.8 Å². The molecule has 0 radical (unpaired) electrons. The molecule has 0 aliphatic carbocycles. The maximum absolute atomic E-state index is 13.1. The van der Waals surface area contributed by atoms with Crippen molar-refractivity contribution in [3.63, 3.8) is 0 Å². The molecule has 33 heavy (non-hydrogen) atoms. The van der Waals surface area contributed by atoms with E-state index >= 15 is 0 Å². The Morgan fingerprint density at radius 3 is 2.58 bits per heavy atom. The molecule has 0 aliphatic heterocycles. The summed E-state index contributed by atoms with van der Waals surface area (Å²) < 4.78 is 13.5. The van der Waals surface area contributed by atoms with E-state index in [4.69, 9.17) is 21.1 Å². The van der Waals surface area contributed by atoms with Gasteiger partial charge in [-0.2, -0.15) is 0 Å². The van der Waals surface area contributed by atoms with E-state index < -0.39 is 0 Å². The van der Waals surface area contributed by atoms with Crippen LogP contribution in [0.25, 0.3) is 22.4 Å². The van der Waals surface area contributed by atoms with Gasteiger partial charge < -0.3 is 9.47 Å². The van der Waals surface area contributed by atoms with Crippen molar-refractivity contribution in [2.75, 3.05) is 7.11 Å². The van der Waals surface area contributed by atoms with E-state index in [0.29, 0.717) is 44.0 Å². The Balaban J connectivity index is 1.49. The second kappa shape index (κ2) is 9.05. The van der Waals surface area contributed by atoms with Crippen molar-refractivity contribution in [1.82, 2.24) is 14.6 Å². The summed E-state index contributed by atoms with van der Waals surface area (Å²) in [4.78, 5) is 13.7. The molecule has 0 unspecified atom stereocenters. The zero-order valence-corrected chi connectivity index (χ0v) is 19.1. The first-order chi connectivity index (χ1) is 16.1. The number of thiazole rings is 1. The average molecular weight is 476 g/mol. The number of hydrogen-bond acceptors (Lipinski definition) is 6. The molecule has 0 atom stereocenters. The summed E-state index contributed by atoms with van der Waals surface area (Å²) >= 11 is 7.58. The molecule has 8 heteroatoms. The second-order valence-corrected chi connectivity index (χ2v) is 8.64. The van der Waals surface area contributed by atoms with Gasteiger partial charge in [0.15, 0.2) is 17.3 Å². The first-order valence-electron chi connectivity index (χ1n) is 10.1. The van der Waals surface area contributed by atoms with Gasteiger partial charge in [0.2, 0.25) is 4.96 Å². The van der Waals surface area contributed by atoms with Crippen LogP contribution >= 0.6 is 22.9 Å². The number of fused-ring (bicyclic) bond motifs is 1. The van der Waals surface area contributed by atoms with E-state index in [1.54, 1.807) is 13.2 Å². The Hall–Kier alpha value is -3.68. The van der Waals surface area contributed by atoms with Crippen LogP contribution in [0.5, 0.6) is 11.5 Å². The van der Waals surface area contributed by atoms with E-state index in [1.165, 1.54) is 15.7 Å². The summed E-state index contributed by atoms with van der Waals surface area (Å²) in [6, 6.07) is 22.7. The summed E-state index contributed by atoms with van der Waals surface area (Å²) in [5.41, 5.74) is 2.34. The summed E-state index contributed by atoms with van der Waals surface area (Å²) in [5.74, 6) is 1.65. The minimum absolute atomic E-state index is 0.196. The van der Waals surface area contributed by atoms with Crippen molar-refractivity contribution in [1.29, 1.82) is 0 Å². The van der Waals surface area contributed by atoms with Gasteiger partial charge in [-0.25, -0.2) is 4.40 Å². The van der Waals surface area contributed by atoms with Gasteiger partial charge in [0.25, 0.3) is 5.56 Å². The lowest BCUT2D eigenvalue weighted by Crippen LogP contribution is -2.23. The molecule has 0 fully saturated rings. The van der Waals surface area contributed by atoms with Gasteiger partial charge in [-0.15, -0.1) is 10.2 Å². The van der Waals surface area contributed by atoms with Gasteiger partial charge >= 0.3 is 0 Å². The highest BCUT2D eigenvalue weighted by Gasteiger charge is 2.16. The maximum Gasteiger partial charge on any atom is 0.276 e. The van der Waals surface area contributed by atoms with Gasteiger partial charge in [0, 0.05) is 5.56 Å². The smallest absolute Gasteiger partial charge is 0.276 e. The van der Waals surface area contributed by atoms with Crippen LogP contribution < -0.4 is 19.6 Å². The highest BCUT2D eigenvalue weighted by Crippen LogP contribution is 2.29. The zero-order valence-electron chi connectivity index (χ0n) is 17.6. The third-order valence-electron chi connectivity index (χ3n) is 5.09. The number of nitrogens with zero attached hydrogens (tertiary/aromatic N) is 3. The second-order valence-electron chi connectivity index (χ2n) is 7.22. The predicted octanol–water partition coefficient (Wildman–Crippen LogP) is 4.61. The van der Waals surface area contributed by atoms with Gasteiger partial charge in [0.05, 0.1) is 16.7 Å². The molecule has 3 aromatic carbocycles. The summed E-state index contributed by atoms with van der Waals surface area (Å²) in [6.45, 7) is 0.435. The van der Waals surface area contributed by atoms with Crippen molar-refractivity contribution in [2.24, 2.45) is 0 Å². The zero-order chi connectivity index (χ0) is 22.8. The number of ether oxygens (including phenoxy) is 2. The number of aromatic nitrogens is 3. The van der Waals surface area contributed by atoms with Crippen LogP contribution in [0.15, 0.2) is 77.6 Å². The molecule has 0 bridgehead atoms. The molecule has 0 saturated heterocycles. The average Bonchev–Trinajstić information content (AvgIpc) is 3.39. The summed E-state index contributed by atoms with van der Waals surface area (Å²) in [6.07, 6.45) is 1.81. The van der Waals surface area contributed by atoms with E-state index in [9.17, 15) is 4.79 Å². The number of benzene rings is 3. The SMILES string of the molecule is COc1cc(C=c2sc3nnc(-c4ccccc4Cl)n3c2=O)ccc1OCc1ccccc1. The van der Waals surface area contributed by atoms with Crippen LogP contribution in [0.2, 0.25) is 5.02 Å². The monoisotopic (exact) mass is 475 g/mol. The van der Waals surface area contributed by atoms with Gasteiger partial charge in [0.1, 0.15) is 6.61 Å². The Morgan fingerprint density at radius 2 is 1.79 bits per heavy atom. The molecule has 164 valence electrons. The van der Waals surface area contributed by atoms with Crippen LogP contribution in [-0.4, -0.2) is 21.7 Å². The third-order valence-corrected chi connectivity index (χ3v) is 6.37. The van der Waals surface area contributed by atoms with Gasteiger partial charge in [-0.05, 0) is 41.5 Å². The first-order valence-corrected chi connectivity index (χ1v) is 11.3. The van der Waals surface area contributed by atoms with Crippen molar-refractivity contribution < 1.29 is 9.47 Å². The number of methoxy groups -OCH3 is 1. The van der Waals surface area contributed by atoms with E-state index in [0.717, 1.165) is 11.1 Å². The van der Waals surface area contributed by atoms with Crippen LogP contribution in [0, 0.1) is 0 Å². The molecular weight excluding hydrogens is 458 g/mol. The van der Waals surface area contributed by atoms with Crippen molar-refractivity contribution >= 4 is 34.0 Å². The molecule has 2 aromatic heterocycles. The Kier molecular flexibility index (Phi) is 5.81. The summed E-state index contributed by atoms with van der Waals surface area (Å²) in [5, 5.41) is 8.85. The van der Waals surface area contributed by atoms with E-state index in [-0.39, 0.29) is 5.56 Å². The molecule has 0 amide bonds. The molecule has 2 heterocycles. The molecule has 5 aromatic rings.